The Bertz CT molecular complexity index is 640. The SMILES string of the molecule is Cc1[nH]c(-c2cccc([N+](=O)[O-])c2)nc1CC#N. The first-order chi connectivity index (χ1) is 8.61. The van der Waals surface area contributed by atoms with Crippen molar-refractivity contribution in [2.75, 3.05) is 0 Å². The quantitative estimate of drug-likeness (QED) is 0.660. The molecule has 0 radical (unpaired) electrons. The molecule has 1 N–H and O–H groups in total. The zero-order chi connectivity index (χ0) is 13.1. The van der Waals surface area contributed by atoms with Crippen LogP contribution in [0, 0.1) is 28.4 Å². The average molecular weight is 242 g/mol. The molecule has 1 heterocycles. The number of aromatic amines is 1. The van der Waals surface area contributed by atoms with Crippen LogP contribution in [0.25, 0.3) is 11.4 Å². The lowest BCUT2D eigenvalue weighted by Gasteiger charge is -1.96. The van der Waals surface area contributed by atoms with Gasteiger partial charge in [-0.2, -0.15) is 5.26 Å². The van der Waals surface area contributed by atoms with Crippen molar-refractivity contribution in [3.05, 3.63) is 45.8 Å². The molecule has 0 saturated heterocycles. The lowest BCUT2D eigenvalue weighted by molar-refractivity contribution is -0.384. The van der Waals surface area contributed by atoms with E-state index in [2.05, 4.69) is 9.97 Å². The van der Waals surface area contributed by atoms with Crippen LogP contribution in [0.2, 0.25) is 0 Å². The minimum absolute atomic E-state index is 0.0170. The summed E-state index contributed by atoms with van der Waals surface area (Å²) >= 11 is 0. The number of non-ortho nitro benzene ring substituents is 1. The molecule has 1 aromatic carbocycles. The Morgan fingerprint density at radius 1 is 1.56 bits per heavy atom. The molecule has 0 saturated carbocycles. The minimum atomic E-state index is -0.449. The van der Waals surface area contributed by atoms with E-state index in [1.165, 1.54) is 12.1 Å². The largest absolute Gasteiger partial charge is 0.342 e. The van der Waals surface area contributed by atoms with Gasteiger partial charge in [-0.3, -0.25) is 10.1 Å². The van der Waals surface area contributed by atoms with Crippen molar-refractivity contribution in [3.63, 3.8) is 0 Å². The molecule has 90 valence electrons. The maximum Gasteiger partial charge on any atom is 0.270 e. The van der Waals surface area contributed by atoms with Crippen molar-refractivity contribution in [1.82, 2.24) is 9.97 Å². The van der Waals surface area contributed by atoms with E-state index in [-0.39, 0.29) is 12.1 Å². The van der Waals surface area contributed by atoms with Gasteiger partial charge >= 0.3 is 0 Å². The molecule has 2 rings (SSSR count). The van der Waals surface area contributed by atoms with Crippen molar-refractivity contribution < 1.29 is 4.92 Å². The molecular weight excluding hydrogens is 232 g/mol. The predicted octanol–water partition coefficient (Wildman–Crippen LogP) is 2.36. The molecule has 2 aromatic rings. The maximum atomic E-state index is 10.7. The molecule has 18 heavy (non-hydrogen) atoms. The fourth-order valence-corrected chi connectivity index (χ4v) is 1.65. The Labute approximate surface area is 103 Å². The van der Waals surface area contributed by atoms with Crippen molar-refractivity contribution in [3.8, 4) is 17.5 Å². The van der Waals surface area contributed by atoms with E-state index >= 15 is 0 Å². The van der Waals surface area contributed by atoms with Gasteiger partial charge in [0.05, 0.1) is 23.1 Å². The van der Waals surface area contributed by atoms with E-state index in [4.69, 9.17) is 5.26 Å². The van der Waals surface area contributed by atoms with Crippen molar-refractivity contribution in [2.24, 2.45) is 0 Å². The first-order valence-corrected chi connectivity index (χ1v) is 5.29. The van der Waals surface area contributed by atoms with Gasteiger partial charge < -0.3 is 4.98 Å². The number of aromatic nitrogens is 2. The van der Waals surface area contributed by atoms with Gasteiger partial charge in [0.15, 0.2) is 0 Å². The van der Waals surface area contributed by atoms with Gasteiger partial charge in [0.2, 0.25) is 0 Å². The second-order valence-corrected chi connectivity index (χ2v) is 3.80. The zero-order valence-electron chi connectivity index (χ0n) is 9.67. The van der Waals surface area contributed by atoms with Crippen LogP contribution in [0.1, 0.15) is 11.4 Å². The number of imidazole rings is 1. The summed E-state index contributed by atoms with van der Waals surface area (Å²) in [4.78, 5) is 17.5. The molecule has 0 atom stereocenters. The highest BCUT2D eigenvalue weighted by atomic mass is 16.6. The van der Waals surface area contributed by atoms with E-state index in [1.807, 2.05) is 13.0 Å². The molecule has 0 aliphatic rings. The molecule has 6 nitrogen and oxygen atoms in total. The summed E-state index contributed by atoms with van der Waals surface area (Å²) in [5.41, 5.74) is 2.12. The highest BCUT2D eigenvalue weighted by Crippen LogP contribution is 2.22. The number of aryl methyl sites for hydroxylation is 1. The summed E-state index contributed by atoms with van der Waals surface area (Å²) in [6.07, 6.45) is 0.220. The third kappa shape index (κ3) is 2.20. The lowest BCUT2D eigenvalue weighted by Crippen LogP contribution is -1.89. The average Bonchev–Trinajstić information content (AvgIpc) is 2.72. The Kier molecular flexibility index (Phi) is 3.06. The number of nitro groups is 1. The third-order valence-corrected chi connectivity index (χ3v) is 2.56. The molecule has 6 heteroatoms. The number of nitrogens with one attached hydrogen (secondary N) is 1. The summed E-state index contributed by atoms with van der Waals surface area (Å²) in [6, 6.07) is 8.25. The molecule has 0 amide bonds. The van der Waals surface area contributed by atoms with Gasteiger partial charge in [-0.1, -0.05) is 12.1 Å². The summed E-state index contributed by atoms with van der Waals surface area (Å²) < 4.78 is 0. The van der Waals surface area contributed by atoms with Crippen LogP contribution < -0.4 is 0 Å². The van der Waals surface area contributed by atoms with E-state index in [0.717, 1.165) is 5.69 Å². The van der Waals surface area contributed by atoms with Crippen LogP contribution in [0.15, 0.2) is 24.3 Å². The first-order valence-electron chi connectivity index (χ1n) is 5.29. The van der Waals surface area contributed by atoms with E-state index in [1.54, 1.807) is 12.1 Å². The standard InChI is InChI=1S/C12H10N4O2/c1-8-11(5-6-13)15-12(14-8)9-3-2-4-10(7-9)16(17)18/h2-4,7H,5H2,1H3,(H,14,15). The first kappa shape index (κ1) is 11.8. The highest BCUT2D eigenvalue weighted by Gasteiger charge is 2.11. The van der Waals surface area contributed by atoms with Crippen molar-refractivity contribution in [1.29, 1.82) is 5.26 Å². The number of H-pyrrole nitrogens is 1. The van der Waals surface area contributed by atoms with E-state index in [0.29, 0.717) is 17.1 Å². The maximum absolute atomic E-state index is 10.7. The van der Waals surface area contributed by atoms with Crippen LogP contribution in [0.5, 0.6) is 0 Å². The van der Waals surface area contributed by atoms with Crippen LogP contribution in [-0.4, -0.2) is 14.9 Å². The number of hydrogen-bond acceptors (Lipinski definition) is 4. The molecule has 1 aromatic heterocycles. The second-order valence-electron chi connectivity index (χ2n) is 3.80. The van der Waals surface area contributed by atoms with Crippen molar-refractivity contribution in [2.45, 2.75) is 13.3 Å². The van der Waals surface area contributed by atoms with Crippen LogP contribution in [-0.2, 0) is 6.42 Å². The van der Waals surface area contributed by atoms with Crippen LogP contribution >= 0.6 is 0 Å². The van der Waals surface area contributed by atoms with Gasteiger partial charge in [-0.05, 0) is 6.92 Å². The van der Waals surface area contributed by atoms with Gasteiger partial charge in [0, 0.05) is 23.4 Å². The Balaban J connectivity index is 2.43. The number of nitrogens with zero attached hydrogens (tertiary/aromatic N) is 3. The fraction of sp³-hybridized carbons (Fsp3) is 0.167. The van der Waals surface area contributed by atoms with Crippen molar-refractivity contribution >= 4 is 5.69 Å². The topological polar surface area (TPSA) is 95.6 Å². The van der Waals surface area contributed by atoms with Gasteiger partial charge in [-0.25, -0.2) is 4.98 Å². The zero-order valence-corrected chi connectivity index (χ0v) is 9.67. The number of hydrogen-bond donors (Lipinski definition) is 1. The van der Waals surface area contributed by atoms with Crippen LogP contribution in [0.4, 0.5) is 5.69 Å². The van der Waals surface area contributed by atoms with Gasteiger partial charge in [0.25, 0.3) is 5.69 Å². The Morgan fingerprint density at radius 2 is 2.33 bits per heavy atom. The van der Waals surface area contributed by atoms with Gasteiger partial charge in [0.1, 0.15) is 5.82 Å². The molecule has 0 bridgehead atoms. The molecule has 0 fully saturated rings. The van der Waals surface area contributed by atoms with Crippen LogP contribution in [0.3, 0.4) is 0 Å². The van der Waals surface area contributed by atoms with E-state index < -0.39 is 4.92 Å². The monoisotopic (exact) mass is 242 g/mol. The lowest BCUT2D eigenvalue weighted by atomic mass is 10.2. The normalized spacial score (nSPS) is 10.0. The smallest absolute Gasteiger partial charge is 0.270 e. The molecule has 0 spiro atoms. The summed E-state index contributed by atoms with van der Waals surface area (Å²) in [5, 5.41) is 19.3. The number of nitriles is 1. The molecule has 0 aliphatic carbocycles. The van der Waals surface area contributed by atoms with Gasteiger partial charge in [-0.15, -0.1) is 0 Å². The highest BCUT2D eigenvalue weighted by molar-refractivity contribution is 5.60. The summed E-state index contributed by atoms with van der Waals surface area (Å²) in [5.74, 6) is 0.543. The molecule has 0 unspecified atom stereocenters. The third-order valence-electron chi connectivity index (χ3n) is 2.56. The number of nitro benzene ring substituents is 1. The Morgan fingerprint density at radius 3 is 3.00 bits per heavy atom. The van der Waals surface area contributed by atoms with E-state index in [9.17, 15) is 10.1 Å². The fourth-order valence-electron chi connectivity index (χ4n) is 1.65. The Hall–Kier alpha value is -2.68. The summed E-state index contributed by atoms with van der Waals surface area (Å²) in [6.45, 7) is 1.82. The molecule has 0 aliphatic heterocycles. The minimum Gasteiger partial charge on any atom is -0.342 e. The number of rotatable bonds is 3. The summed E-state index contributed by atoms with van der Waals surface area (Å²) in [7, 11) is 0. The predicted molar refractivity (Wildman–Crippen MR) is 64.7 cm³/mol. The number of benzene rings is 1. The molecular formula is C12H10N4O2. The second kappa shape index (κ2) is 4.67.